The topological polar surface area (TPSA) is 37.8 Å². The van der Waals surface area contributed by atoms with E-state index >= 15 is 0 Å². The summed E-state index contributed by atoms with van der Waals surface area (Å²) in [5.74, 6) is 1.18. The lowest BCUT2D eigenvalue weighted by molar-refractivity contribution is 0.700. The van der Waals surface area contributed by atoms with Crippen LogP contribution in [0.2, 0.25) is 0 Å². The summed E-state index contributed by atoms with van der Waals surface area (Å²) in [6.45, 7) is 5.11. The monoisotopic (exact) mass is 289 g/mol. The molecule has 4 rings (SSSR count). The van der Waals surface area contributed by atoms with Crippen molar-refractivity contribution in [2.75, 3.05) is 11.9 Å². The molecule has 0 spiro atoms. The molecule has 0 bridgehead atoms. The molecule has 22 heavy (non-hydrogen) atoms. The third-order valence-corrected chi connectivity index (χ3v) is 4.41. The van der Waals surface area contributed by atoms with Gasteiger partial charge in [-0.2, -0.15) is 0 Å². The summed E-state index contributed by atoms with van der Waals surface area (Å²) in [6.07, 6.45) is 1.07. The highest BCUT2D eigenvalue weighted by atomic mass is 14.9. The van der Waals surface area contributed by atoms with Crippen LogP contribution in [0.3, 0.4) is 0 Å². The average molecular weight is 289 g/mol. The van der Waals surface area contributed by atoms with Gasteiger partial charge in [-0.25, -0.2) is 9.97 Å². The molecule has 3 nitrogen and oxygen atoms in total. The highest BCUT2D eigenvalue weighted by Crippen LogP contribution is 2.38. The molecule has 1 N–H and O–H groups in total. The lowest BCUT2D eigenvalue weighted by Crippen LogP contribution is -2.19. The van der Waals surface area contributed by atoms with Crippen LogP contribution in [-0.2, 0) is 0 Å². The van der Waals surface area contributed by atoms with Crippen LogP contribution >= 0.6 is 0 Å². The van der Waals surface area contributed by atoms with Crippen molar-refractivity contribution in [3.63, 3.8) is 0 Å². The third-order valence-electron chi connectivity index (χ3n) is 4.41. The van der Waals surface area contributed by atoms with Crippen molar-refractivity contribution in [3.8, 4) is 0 Å². The molecule has 0 fully saturated rings. The number of benzene rings is 2. The molecule has 110 valence electrons. The van der Waals surface area contributed by atoms with E-state index in [9.17, 15) is 0 Å². The Morgan fingerprint density at radius 2 is 1.91 bits per heavy atom. The molecule has 2 aromatic carbocycles. The van der Waals surface area contributed by atoms with E-state index < -0.39 is 0 Å². The second-order valence-corrected chi connectivity index (χ2v) is 6.03. The molecule has 2 heterocycles. The molecule has 0 saturated carbocycles. The number of para-hydroxylation sites is 1. The quantitative estimate of drug-likeness (QED) is 0.729. The number of rotatable bonds is 1. The van der Waals surface area contributed by atoms with Gasteiger partial charge in [0, 0.05) is 23.5 Å². The Kier molecular flexibility index (Phi) is 3.07. The molecule has 1 aliphatic rings. The number of aryl methyl sites for hydroxylation is 2. The summed E-state index contributed by atoms with van der Waals surface area (Å²) < 4.78 is 0. The number of hydrogen-bond acceptors (Lipinski definition) is 3. The molecule has 1 unspecified atom stereocenters. The predicted molar refractivity (Wildman–Crippen MR) is 90.4 cm³/mol. The first-order valence-electron chi connectivity index (χ1n) is 7.80. The summed E-state index contributed by atoms with van der Waals surface area (Å²) in [4.78, 5) is 9.39. The minimum absolute atomic E-state index is 0.336. The number of nitrogens with zero attached hydrogens (tertiary/aromatic N) is 2. The van der Waals surface area contributed by atoms with Crippen molar-refractivity contribution < 1.29 is 0 Å². The van der Waals surface area contributed by atoms with Gasteiger partial charge < -0.3 is 5.32 Å². The van der Waals surface area contributed by atoms with Gasteiger partial charge in [0.05, 0.1) is 11.2 Å². The van der Waals surface area contributed by atoms with Gasteiger partial charge in [-0.15, -0.1) is 0 Å². The summed E-state index contributed by atoms with van der Waals surface area (Å²) in [5.41, 5.74) is 6.09. The minimum Gasteiger partial charge on any atom is -0.385 e. The second kappa shape index (κ2) is 5.09. The van der Waals surface area contributed by atoms with Crippen LogP contribution in [0.5, 0.6) is 0 Å². The van der Waals surface area contributed by atoms with E-state index in [2.05, 4.69) is 53.6 Å². The third kappa shape index (κ3) is 2.13. The second-order valence-electron chi connectivity index (χ2n) is 6.03. The van der Waals surface area contributed by atoms with Crippen molar-refractivity contribution in [2.45, 2.75) is 26.2 Å². The Morgan fingerprint density at radius 1 is 1.05 bits per heavy atom. The molecule has 1 aromatic heterocycles. The van der Waals surface area contributed by atoms with E-state index in [1.54, 1.807) is 0 Å². The zero-order valence-electron chi connectivity index (χ0n) is 12.9. The van der Waals surface area contributed by atoms with Gasteiger partial charge >= 0.3 is 0 Å². The van der Waals surface area contributed by atoms with Crippen LogP contribution in [0, 0.1) is 13.8 Å². The maximum atomic E-state index is 4.81. The first kappa shape index (κ1) is 13.3. The van der Waals surface area contributed by atoms with Crippen LogP contribution in [0.1, 0.15) is 35.0 Å². The van der Waals surface area contributed by atoms with Crippen LogP contribution in [0.15, 0.2) is 42.5 Å². The lowest BCUT2D eigenvalue weighted by atomic mass is 9.85. The fraction of sp³-hybridized carbons (Fsp3) is 0.263. The van der Waals surface area contributed by atoms with Gasteiger partial charge in [0.25, 0.3) is 0 Å². The SMILES string of the molecule is Cc1ccc2c(c1)C(c1nc(C)nc3ccccc13)CCN2. The van der Waals surface area contributed by atoms with E-state index in [4.69, 9.17) is 4.98 Å². The van der Waals surface area contributed by atoms with Crippen LogP contribution in [0.25, 0.3) is 10.9 Å². The smallest absolute Gasteiger partial charge is 0.126 e. The minimum atomic E-state index is 0.336. The molecule has 1 aliphatic heterocycles. The maximum absolute atomic E-state index is 4.81. The largest absolute Gasteiger partial charge is 0.385 e. The normalized spacial score (nSPS) is 17.1. The maximum Gasteiger partial charge on any atom is 0.126 e. The molecule has 3 heteroatoms. The Hall–Kier alpha value is -2.42. The lowest BCUT2D eigenvalue weighted by Gasteiger charge is -2.27. The summed E-state index contributed by atoms with van der Waals surface area (Å²) in [6, 6.07) is 15.0. The number of aromatic nitrogens is 2. The molecular formula is C19H19N3. The number of fused-ring (bicyclic) bond motifs is 2. The summed E-state index contributed by atoms with van der Waals surface area (Å²) >= 11 is 0. The molecular weight excluding hydrogens is 270 g/mol. The van der Waals surface area contributed by atoms with Crippen molar-refractivity contribution in [2.24, 2.45) is 0 Å². The Labute approximate surface area is 130 Å². The van der Waals surface area contributed by atoms with Gasteiger partial charge in [-0.05, 0) is 38.0 Å². The van der Waals surface area contributed by atoms with Crippen molar-refractivity contribution in [1.82, 2.24) is 9.97 Å². The van der Waals surface area contributed by atoms with Gasteiger partial charge in [0.1, 0.15) is 5.82 Å². The summed E-state index contributed by atoms with van der Waals surface area (Å²) in [7, 11) is 0. The first-order valence-corrected chi connectivity index (χ1v) is 7.80. The number of anilines is 1. The standard InChI is InChI=1S/C19H19N3/c1-12-7-8-17-16(11-12)14(9-10-20-17)19-15-5-3-4-6-18(15)21-13(2)22-19/h3-8,11,14,20H,9-10H2,1-2H3. The number of nitrogens with one attached hydrogen (secondary N) is 1. The van der Waals surface area contributed by atoms with Crippen molar-refractivity contribution >= 4 is 16.6 Å². The Bertz CT molecular complexity index is 854. The molecule has 3 aromatic rings. The van der Waals surface area contributed by atoms with Crippen molar-refractivity contribution in [3.05, 3.63) is 65.1 Å². The Morgan fingerprint density at radius 3 is 2.82 bits per heavy atom. The van der Waals surface area contributed by atoms with Gasteiger partial charge in [0.15, 0.2) is 0 Å². The van der Waals surface area contributed by atoms with E-state index in [0.29, 0.717) is 5.92 Å². The van der Waals surface area contributed by atoms with Gasteiger partial charge in [-0.3, -0.25) is 0 Å². The zero-order valence-corrected chi connectivity index (χ0v) is 12.9. The fourth-order valence-electron chi connectivity index (χ4n) is 3.41. The molecule has 0 amide bonds. The van der Waals surface area contributed by atoms with E-state index in [0.717, 1.165) is 30.0 Å². The highest BCUT2D eigenvalue weighted by molar-refractivity contribution is 5.82. The first-order chi connectivity index (χ1) is 10.7. The molecule has 0 saturated heterocycles. The van der Waals surface area contributed by atoms with E-state index in [1.165, 1.54) is 22.2 Å². The van der Waals surface area contributed by atoms with E-state index in [1.807, 2.05) is 13.0 Å². The van der Waals surface area contributed by atoms with Crippen molar-refractivity contribution in [1.29, 1.82) is 0 Å². The summed E-state index contributed by atoms with van der Waals surface area (Å²) in [5, 5.41) is 4.68. The van der Waals surface area contributed by atoms with E-state index in [-0.39, 0.29) is 0 Å². The van der Waals surface area contributed by atoms with Crippen LogP contribution in [0.4, 0.5) is 5.69 Å². The molecule has 1 atom stereocenters. The van der Waals surface area contributed by atoms with Gasteiger partial charge in [-0.1, -0.05) is 35.9 Å². The van der Waals surface area contributed by atoms with Gasteiger partial charge in [0.2, 0.25) is 0 Å². The zero-order chi connectivity index (χ0) is 15.1. The predicted octanol–water partition coefficient (Wildman–Crippen LogP) is 4.19. The molecule has 0 aliphatic carbocycles. The number of hydrogen-bond donors (Lipinski definition) is 1. The molecule has 0 radical (unpaired) electrons. The highest BCUT2D eigenvalue weighted by Gasteiger charge is 2.25. The van der Waals surface area contributed by atoms with Crippen LogP contribution in [-0.4, -0.2) is 16.5 Å². The van der Waals surface area contributed by atoms with Crippen LogP contribution < -0.4 is 5.32 Å². The average Bonchev–Trinajstić information content (AvgIpc) is 2.53. The fourth-order valence-corrected chi connectivity index (χ4v) is 3.41. The Balaban J connectivity index is 1.96.